The number of nitrogens with one attached hydrogen (secondary N) is 1. The molecule has 3 rings (SSSR count). The maximum atomic E-state index is 5.34. The third kappa shape index (κ3) is 1.98. The lowest BCUT2D eigenvalue weighted by Crippen LogP contribution is -1.94. The van der Waals surface area contributed by atoms with Gasteiger partial charge in [-0.2, -0.15) is 5.10 Å². The lowest BCUT2D eigenvalue weighted by molar-refractivity contribution is 0.416. The molecule has 0 saturated heterocycles. The molecule has 4 nitrogen and oxygen atoms in total. The molecule has 1 N–H and O–H groups in total. The monoisotopic (exact) mass is 243 g/mol. The zero-order valence-corrected chi connectivity index (χ0v) is 10.5. The van der Waals surface area contributed by atoms with Crippen LogP contribution in [0.1, 0.15) is 37.4 Å². The van der Waals surface area contributed by atoms with Crippen LogP contribution < -0.4 is 4.74 Å². The topological polar surface area (TPSA) is 50.8 Å². The van der Waals surface area contributed by atoms with E-state index in [1.54, 1.807) is 7.11 Å². The van der Waals surface area contributed by atoms with E-state index in [0.717, 1.165) is 23.0 Å². The van der Waals surface area contributed by atoms with Gasteiger partial charge in [0.1, 0.15) is 11.6 Å². The van der Waals surface area contributed by atoms with Crippen molar-refractivity contribution in [3.8, 4) is 17.1 Å². The minimum absolute atomic E-state index is 0.556. The van der Waals surface area contributed by atoms with Crippen LogP contribution in [0.5, 0.6) is 5.75 Å². The van der Waals surface area contributed by atoms with E-state index in [-0.39, 0.29) is 0 Å². The molecule has 0 spiro atoms. The molecule has 1 aromatic carbocycles. The Labute approximate surface area is 106 Å². The molecule has 0 unspecified atom stereocenters. The molecule has 1 heterocycles. The van der Waals surface area contributed by atoms with Crippen LogP contribution in [0.2, 0.25) is 0 Å². The van der Waals surface area contributed by atoms with E-state index >= 15 is 0 Å². The second-order valence-corrected chi connectivity index (χ2v) is 4.73. The normalized spacial score (nSPS) is 16.1. The summed E-state index contributed by atoms with van der Waals surface area (Å²) >= 11 is 0. The Morgan fingerprint density at radius 3 is 2.78 bits per heavy atom. The summed E-state index contributed by atoms with van der Waals surface area (Å²) in [5.41, 5.74) is 0.945. The van der Waals surface area contributed by atoms with Gasteiger partial charge < -0.3 is 4.74 Å². The predicted molar refractivity (Wildman–Crippen MR) is 69.6 cm³/mol. The zero-order chi connectivity index (χ0) is 12.4. The van der Waals surface area contributed by atoms with Crippen molar-refractivity contribution in [3.05, 3.63) is 30.1 Å². The highest BCUT2D eigenvalue weighted by Crippen LogP contribution is 2.33. The average molecular weight is 243 g/mol. The average Bonchev–Trinajstić information content (AvgIpc) is 3.09. The number of H-pyrrole nitrogens is 1. The fourth-order valence-electron chi connectivity index (χ4n) is 2.61. The van der Waals surface area contributed by atoms with E-state index in [0.29, 0.717) is 5.92 Å². The van der Waals surface area contributed by atoms with Crippen molar-refractivity contribution in [2.24, 2.45) is 0 Å². The highest BCUT2D eigenvalue weighted by Gasteiger charge is 2.21. The molecule has 1 aromatic heterocycles. The molecule has 2 aromatic rings. The van der Waals surface area contributed by atoms with Gasteiger partial charge in [-0.1, -0.05) is 25.0 Å². The number of nitrogens with zero attached hydrogens (tertiary/aromatic N) is 2. The lowest BCUT2D eigenvalue weighted by atomic mass is 10.1. The van der Waals surface area contributed by atoms with Crippen LogP contribution in [0.15, 0.2) is 24.3 Å². The van der Waals surface area contributed by atoms with Crippen molar-refractivity contribution in [1.29, 1.82) is 0 Å². The van der Waals surface area contributed by atoms with E-state index in [4.69, 9.17) is 4.74 Å². The van der Waals surface area contributed by atoms with Gasteiger partial charge in [-0.3, -0.25) is 5.10 Å². The first-order valence-electron chi connectivity index (χ1n) is 6.44. The van der Waals surface area contributed by atoms with Gasteiger partial charge in [-0.25, -0.2) is 4.98 Å². The fraction of sp³-hybridized carbons (Fsp3) is 0.429. The molecule has 0 aliphatic heterocycles. The SMILES string of the molecule is COc1ccccc1-c1n[nH]c(C2CCCC2)n1. The van der Waals surface area contributed by atoms with E-state index in [2.05, 4.69) is 15.2 Å². The molecule has 1 aliphatic carbocycles. The Hall–Kier alpha value is -1.84. The number of benzene rings is 1. The number of aromatic nitrogens is 3. The van der Waals surface area contributed by atoms with Gasteiger partial charge in [0.2, 0.25) is 0 Å². The Morgan fingerprint density at radius 2 is 2.00 bits per heavy atom. The van der Waals surface area contributed by atoms with Crippen LogP contribution >= 0.6 is 0 Å². The van der Waals surface area contributed by atoms with Crippen molar-refractivity contribution >= 4 is 0 Å². The highest BCUT2D eigenvalue weighted by atomic mass is 16.5. The first-order valence-corrected chi connectivity index (χ1v) is 6.44. The quantitative estimate of drug-likeness (QED) is 0.901. The van der Waals surface area contributed by atoms with Crippen LogP contribution in [-0.4, -0.2) is 22.3 Å². The van der Waals surface area contributed by atoms with Crippen LogP contribution in [0, 0.1) is 0 Å². The second kappa shape index (κ2) is 4.80. The van der Waals surface area contributed by atoms with Gasteiger partial charge in [0, 0.05) is 5.92 Å². The number of methoxy groups -OCH3 is 1. The van der Waals surface area contributed by atoms with Gasteiger partial charge in [-0.05, 0) is 25.0 Å². The fourth-order valence-corrected chi connectivity index (χ4v) is 2.61. The Kier molecular flexibility index (Phi) is 3.00. The molecule has 0 bridgehead atoms. The van der Waals surface area contributed by atoms with Crippen molar-refractivity contribution in [3.63, 3.8) is 0 Å². The van der Waals surface area contributed by atoms with Gasteiger partial charge in [0.05, 0.1) is 12.7 Å². The minimum Gasteiger partial charge on any atom is -0.496 e. The second-order valence-electron chi connectivity index (χ2n) is 4.73. The molecule has 94 valence electrons. The summed E-state index contributed by atoms with van der Waals surface area (Å²) in [5, 5.41) is 7.40. The highest BCUT2D eigenvalue weighted by molar-refractivity contribution is 5.63. The first kappa shape index (κ1) is 11.3. The Balaban J connectivity index is 1.92. The van der Waals surface area contributed by atoms with E-state index < -0.39 is 0 Å². The summed E-state index contributed by atoms with van der Waals surface area (Å²) in [4.78, 5) is 4.62. The van der Waals surface area contributed by atoms with E-state index in [1.165, 1.54) is 25.7 Å². The van der Waals surface area contributed by atoms with Crippen molar-refractivity contribution < 1.29 is 4.74 Å². The molecule has 18 heavy (non-hydrogen) atoms. The van der Waals surface area contributed by atoms with Gasteiger partial charge in [-0.15, -0.1) is 0 Å². The number of rotatable bonds is 3. The molecule has 0 amide bonds. The van der Waals surface area contributed by atoms with Crippen LogP contribution in [-0.2, 0) is 0 Å². The van der Waals surface area contributed by atoms with Gasteiger partial charge in [0.15, 0.2) is 5.82 Å². The summed E-state index contributed by atoms with van der Waals surface area (Å²) in [6.07, 6.45) is 5.05. The van der Waals surface area contributed by atoms with Gasteiger partial charge in [0.25, 0.3) is 0 Å². The standard InChI is InChI=1S/C14H17N3O/c1-18-12-9-5-4-8-11(12)14-15-13(16-17-14)10-6-2-3-7-10/h4-5,8-10H,2-3,6-7H2,1H3,(H,15,16,17). The van der Waals surface area contributed by atoms with E-state index in [9.17, 15) is 0 Å². The molecule has 4 heteroatoms. The van der Waals surface area contributed by atoms with Crippen LogP contribution in [0.25, 0.3) is 11.4 Å². The number of aromatic amines is 1. The number of hydrogen-bond donors (Lipinski definition) is 1. The number of hydrogen-bond acceptors (Lipinski definition) is 3. The number of para-hydroxylation sites is 1. The summed E-state index contributed by atoms with van der Waals surface area (Å²) < 4.78 is 5.34. The minimum atomic E-state index is 0.556. The van der Waals surface area contributed by atoms with Crippen LogP contribution in [0.4, 0.5) is 0 Å². The first-order chi connectivity index (χ1) is 8.88. The largest absolute Gasteiger partial charge is 0.496 e. The smallest absolute Gasteiger partial charge is 0.184 e. The number of ether oxygens (including phenoxy) is 1. The maximum absolute atomic E-state index is 5.34. The molecule has 1 fully saturated rings. The molecule has 0 atom stereocenters. The maximum Gasteiger partial charge on any atom is 0.184 e. The summed E-state index contributed by atoms with van der Waals surface area (Å²) in [5.74, 6) is 3.12. The van der Waals surface area contributed by atoms with E-state index in [1.807, 2.05) is 24.3 Å². The summed E-state index contributed by atoms with van der Waals surface area (Å²) in [7, 11) is 1.67. The molecular formula is C14H17N3O. The molecule has 0 radical (unpaired) electrons. The zero-order valence-electron chi connectivity index (χ0n) is 10.5. The predicted octanol–water partition coefficient (Wildman–Crippen LogP) is 3.14. The van der Waals surface area contributed by atoms with Crippen molar-refractivity contribution in [2.45, 2.75) is 31.6 Å². The van der Waals surface area contributed by atoms with Gasteiger partial charge >= 0.3 is 0 Å². The summed E-state index contributed by atoms with van der Waals surface area (Å²) in [6.45, 7) is 0. The summed E-state index contributed by atoms with van der Waals surface area (Å²) in [6, 6.07) is 7.84. The molecule has 1 aliphatic rings. The van der Waals surface area contributed by atoms with Crippen LogP contribution in [0.3, 0.4) is 0 Å². The molecule has 1 saturated carbocycles. The Morgan fingerprint density at radius 1 is 1.22 bits per heavy atom. The van der Waals surface area contributed by atoms with Crippen molar-refractivity contribution in [2.75, 3.05) is 7.11 Å². The lowest BCUT2D eigenvalue weighted by Gasteiger charge is -2.04. The molecular weight excluding hydrogens is 226 g/mol. The third-order valence-electron chi connectivity index (χ3n) is 3.59. The third-order valence-corrected chi connectivity index (χ3v) is 3.59. The Bertz CT molecular complexity index is 529. The van der Waals surface area contributed by atoms with Crippen molar-refractivity contribution in [1.82, 2.24) is 15.2 Å².